The third-order valence-corrected chi connectivity index (χ3v) is 5.21. The molecule has 0 bridgehead atoms. The molecule has 0 unspecified atom stereocenters. The maximum atomic E-state index is 9.68. The minimum Gasteiger partial charge on any atom is -0.495 e. The number of nitrogens with zero attached hydrogens (tertiary/aromatic N) is 2. The predicted molar refractivity (Wildman–Crippen MR) is 114 cm³/mol. The molecule has 1 aliphatic heterocycles. The van der Waals surface area contributed by atoms with Crippen molar-refractivity contribution in [3.8, 4) is 5.75 Å². The Labute approximate surface area is 171 Å². The number of methoxy groups -OCH3 is 1. The highest BCUT2D eigenvalue weighted by Gasteiger charge is 2.17. The van der Waals surface area contributed by atoms with E-state index in [9.17, 15) is 5.11 Å². The molecule has 28 heavy (non-hydrogen) atoms. The predicted octanol–water partition coefficient (Wildman–Crippen LogP) is 3.23. The summed E-state index contributed by atoms with van der Waals surface area (Å²) in [6.45, 7) is 3.19. The zero-order valence-corrected chi connectivity index (χ0v) is 16.8. The van der Waals surface area contributed by atoms with E-state index >= 15 is 0 Å². The lowest BCUT2D eigenvalue weighted by atomic mass is 10.0. The first-order valence-electron chi connectivity index (χ1n) is 9.43. The lowest BCUT2D eigenvalue weighted by Crippen LogP contribution is -2.35. The summed E-state index contributed by atoms with van der Waals surface area (Å²) in [5.41, 5.74) is 9.19. The van der Waals surface area contributed by atoms with Crippen LogP contribution in [0.1, 0.15) is 24.0 Å². The average Bonchev–Trinajstić information content (AvgIpc) is 2.69. The molecule has 0 aromatic heterocycles. The Morgan fingerprint density at radius 2 is 1.96 bits per heavy atom. The maximum Gasteiger partial charge on any atom is 0.193 e. The van der Waals surface area contributed by atoms with Crippen LogP contribution < -0.4 is 15.8 Å². The van der Waals surface area contributed by atoms with Gasteiger partial charge in [-0.05, 0) is 42.2 Å². The van der Waals surface area contributed by atoms with E-state index in [1.807, 2.05) is 18.2 Å². The molecule has 1 heterocycles. The van der Waals surface area contributed by atoms with Crippen molar-refractivity contribution in [2.75, 3.05) is 25.5 Å². The van der Waals surface area contributed by atoms with Crippen molar-refractivity contribution in [1.82, 2.24) is 4.90 Å². The van der Waals surface area contributed by atoms with Crippen LogP contribution in [-0.2, 0) is 13.1 Å². The molecule has 1 saturated heterocycles. The molecule has 0 amide bonds. The van der Waals surface area contributed by atoms with Crippen LogP contribution in [0.15, 0.2) is 47.5 Å². The number of hydrogen-bond donors (Lipinski definition) is 3. The van der Waals surface area contributed by atoms with Crippen molar-refractivity contribution >= 4 is 23.2 Å². The van der Waals surface area contributed by atoms with Crippen LogP contribution in [0.3, 0.4) is 0 Å². The number of aliphatic imine (C=N–C) groups is 1. The number of likely N-dealkylation sites (tertiary alicyclic amines) is 1. The maximum absolute atomic E-state index is 9.68. The van der Waals surface area contributed by atoms with Gasteiger partial charge in [-0.1, -0.05) is 35.9 Å². The molecule has 1 aliphatic rings. The SMILES string of the molecule is COc1ccc(NC(N)=NCc2ccccc2CN2CCC(O)CC2)cc1Cl. The van der Waals surface area contributed by atoms with Crippen molar-refractivity contribution in [2.45, 2.75) is 32.0 Å². The van der Waals surface area contributed by atoms with E-state index < -0.39 is 0 Å². The molecule has 0 aliphatic carbocycles. The summed E-state index contributed by atoms with van der Waals surface area (Å²) in [5.74, 6) is 0.944. The molecule has 0 atom stereocenters. The smallest absolute Gasteiger partial charge is 0.193 e. The second kappa shape index (κ2) is 9.78. The van der Waals surface area contributed by atoms with Crippen LogP contribution in [0.25, 0.3) is 0 Å². The van der Waals surface area contributed by atoms with Crippen LogP contribution in [-0.4, -0.2) is 42.3 Å². The average molecular weight is 403 g/mol. The number of aliphatic hydroxyl groups is 1. The van der Waals surface area contributed by atoms with Crippen molar-refractivity contribution in [3.63, 3.8) is 0 Å². The van der Waals surface area contributed by atoms with E-state index in [0.717, 1.165) is 43.7 Å². The first kappa shape index (κ1) is 20.5. The van der Waals surface area contributed by atoms with Gasteiger partial charge in [0, 0.05) is 25.3 Å². The topological polar surface area (TPSA) is 83.1 Å². The number of piperidine rings is 1. The molecule has 6 nitrogen and oxygen atoms in total. The molecular weight excluding hydrogens is 376 g/mol. The molecule has 3 rings (SSSR count). The van der Waals surface area contributed by atoms with Crippen LogP contribution in [0, 0.1) is 0 Å². The second-order valence-corrected chi connectivity index (χ2v) is 7.36. The normalized spacial score (nSPS) is 16.2. The van der Waals surface area contributed by atoms with Gasteiger partial charge in [0.1, 0.15) is 5.75 Å². The molecule has 0 saturated carbocycles. The fourth-order valence-electron chi connectivity index (χ4n) is 3.29. The zero-order valence-electron chi connectivity index (χ0n) is 16.1. The van der Waals surface area contributed by atoms with Gasteiger partial charge in [-0.15, -0.1) is 0 Å². The van der Waals surface area contributed by atoms with Crippen molar-refractivity contribution in [3.05, 3.63) is 58.6 Å². The number of ether oxygens (including phenoxy) is 1. The van der Waals surface area contributed by atoms with Gasteiger partial charge < -0.3 is 20.9 Å². The molecule has 2 aromatic carbocycles. The number of rotatable bonds is 6. The lowest BCUT2D eigenvalue weighted by molar-refractivity contribution is 0.0791. The summed E-state index contributed by atoms with van der Waals surface area (Å²) in [7, 11) is 1.58. The quantitative estimate of drug-likeness (QED) is 0.510. The Bertz CT molecular complexity index is 820. The van der Waals surface area contributed by atoms with E-state index in [4.69, 9.17) is 22.1 Å². The summed E-state index contributed by atoms with van der Waals surface area (Å²) < 4.78 is 5.15. The first-order chi connectivity index (χ1) is 13.5. The van der Waals surface area contributed by atoms with Gasteiger partial charge >= 0.3 is 0 Å². The summed E-state index contributed by atoms with van der Waals surface area (Å²) in [6, 6.07) is 13.6. The highest BCUT2D eigenvalue weighted by molar-refractivity contribution is 6.32. The fourth-order valence-corrected chi connectivity index (χ4v) is 3.54. The molecule has 2 aromatic rings. The zero-order chi connectivity index (χ0) is 19.9. The van der Waals surface area contributed by atoms with Crippen LogP contribution in [0.4, 0.5) is 5.69 Å². The Balaban J connectivity index is 1.62. The third-order valence-electron chi connectivity index (χ3n) is 4.91. The van der Waals surface area contributed by atoms with E-state index in [-0.39, 0.29) is 6.10 Å². The lowest BCUT2D eigenvalue weighted by Gasteiger charge is -2.30. The molecule has 1 fully saturated rings. The van der Waals surface area contributed by atoms with Crippen molar-refractivity contribution in [1.29, 1.82) is 0 Å². The number of nitrogens with one attached hydrogen (secondary N) is 1. The number of benzene rings is 2. The Hall–Kier alpha value is -2.28. The number of nitrogens with two attached hydrogens (primary N) is 1. The van der Waals surface area contributed by atoms with Crippen LogP contribution in [0.2, 0.25) is 5.02 Å². The van der Waals surface area contributed by atoms with Crippen LogP contribution >= 0.6 is 11.6 Å². The van der Waals surface area contributed by atoms with Crippen molar-refractivity contribution in [2.24, 2.45) is 10.7 Å². The van der Waals surface area contributed by atoms with E-state index in [2.05, 4.69) is 27.3 Å². The standard InChI is InChI=1S/C21H27ClN4O2/c1-28-20-7-6-17(12-19(20)22)25-21(23)24-13-15-4-2-3-5-16(15)14-26-10-8-18(27)9-11-26/h2-7,12,18,27H,8-11,13-14H2,1H3,(H3,23,24,25). The monoisotopic (exact) mass is 402 g/mol. The number of halogens is 1. The highest BCUT2D eigenvalue weighted by Crippen LogP contribution is 2.27. The van der Waals surface area contributed by atoms with Crippen molar-refractivity contribution < 1.29 is 9.84 Å². The van der Waals surface area contributed by atoms with E-state index in [1.165, 1.54) is 5.56 Å². The van der Waals surface area contributed by atoms with Gasteiger partial charge in [0.15, 0.2) is 5.96 Å². The van der Waals surface area contributed by atoms with Gasteiger partial charge in [-0.25, -0.2) is 4.99 Å². The minimum absolute atomic E-state index is 0.159. The van der Waals surface area contributed by atoms with Gasteiger partial charge in [0.05, 0.1) is 24.8 Å². The molecule has 150 valence electrons. The Morgan fingerprint density at radius 1 is 1.25 bits per heavy atom. The summed E-state index contributed by atoms with van der Waals surface area (Å²) in [4.78, 5) is 6.85. The summed E-state index contributed by atoms with van der Waals surface area (Å²) in [6.07, 6.45) is 1.51. The highest BCUT2D eigenvalue weighted by atomic mass is 35.5. The number of hydrogen-bond acceptors (Lipinski definition) is 4. The summed E-state index contributed by atoms with van der Waals surface area (Å²) >= 11 is 6.14. The second-order valence-electron chi connectivity index (χ2n) is 6.95. The fraction of sp³-hybridized carbons (Fsp3) is 0.381. The van der Waals surface area contributed by atoms with Gasteiger partial charge in [-0.3, -0.25) is 4.90 Å². The van der Waals surface area contributed by atoms with Gasteiger partial charge in [0.2, 0.25) is 0 Å². The largest absolute Gasteiger partial charge is 0.495 e. The Morgan fingerprint density at radius 3 is 2.64 bits per heavy atom. The molecule has 7 heteroatoms. The Kier molecular flexibility index (Phi) is 7.14. The third kappa shape index (κ3) is 5.61. The van der Waals surface area contributed by atoms with E-state index in [1.54, 1.807) is 19.2 Å². The summed E-state index contributed by atoms with van der Waals surface area (Å²) in [5, 5.41) is 13.3. The molecule has 4 N–H and O–H groups in total. The van der Waals surface area contributed by atoms with Gasteiger partial charge in [-0.2, -0.15) is 0 Å². The van der Waals surface area contributed by atoms with Gasteiger partial charge in [0.25, 0.3) is 0 Å². The van der Waals surface area contributed by atoms with E-state index in [0.29, 0.717) is 23.3 Å². The molecule has 0 spiro atoms. The first-order valence-corrected chi connectivity index (χ1v) is 9.80. The van der Waals surface area contributed by atoms with Crippen LogP contribution in [0.5, 0.6) is 5.75 Å². The number of anilines is 1. The molecular formula is C21H27ClN4O2. The minimum atomic E-state index is -0.159. The number of guanidine groups is 1. The molecule has 0 radical (unpaired) electrons. The number of aliphatic hydroxyl groups excluding tert-OH is 1.